The van der Waals surface area contributed by atoms with E-state index in [1.807, 2.05) is 4.90 Å². The summed E-state index contributed by atoms with van der Waals surface area (Å²) < 4.78 is 15.5. The molecule has 16 nitrogen and oxygen atoms in total. The van der Waals surface area contributed by atoms with Crippen molar-refractivity contribution < 1.29 is 43.2 Å². The molecule has 2 heterocycles. The number of nitrogens with one attached hydrogen (secondary N) is 1. The van der Waals surface area contributed by atoms with E-state index in [0.717, 1.165) is 11.8 Å². The molecule has 17 heteroatoms. The number of rotatable bonds is 11. The standard InChI is InChI=1S/C29H31N5O11S/c1-17(45-29(38)44-16-20-5-9-22(10-6-20)34(41)42)26-24(31-27(26)36)13-25(35)46-23-11-12-32(14-23)18(2)30-28(37)43-15-19-3-7-21(8-4-19)33(39)40/h3-10,17,23-24,26H,11-16H2,1-2H3,(H,31,36)/t17-,23+,24-,26-/m1/s1. The number of non-ortho nitro benzene ring substituents is 2. The molecule has 0 spiro atoms. The van der Waals surface area contributed by atoms with Gasteiger partial charge >= 0.3 is 12.2 Å². The molecule has 46 heavy (non-hydrogen) atoms. The van der Waals surface area contributed by atoms with Crippen molar-refractivity contribution >= 4 is 52.2 Å². The molecule has 0 saturated carbocycles. The molecular formula is C29H31N5O11S. The fourth-order valence-corrected chi connectivity index (χ4v) is 6.04. The van der Waals surface area contributed by atoms with Crippen LogP contribution in [0.2, 0.25) is 0 Å². The van der Waals surface area contributed by atoms with Crippen LogP contribution >= 0.6 is 11.8 Å². The van der Waals surface area contributed by atoms with Crippen molar-refractivity contribution in [2.24, 2.45) is 10.9 Å². The lowest BCUT2D eigenvalue weighted by Crippen LogP contribution is -2.62. The molecule has 2 aliphatic heterocycles. The lowest BCUT2D eigenvalue weighted by Gasteiger charge is -2.39. The van der Waals surface area contributed by atoms with Crippen molar-refractivity contribution in [3.8, 4) is 0 Å². The minimum atomic E-state index is -1.01. The van der Waals surface area contributed by atoms with Crippen molar-refractivity contribution in [3.63, 3.8) is 0 Å². The van der Waals surface area contributed by atoms with E-state index in [1.54, 1.807) is 6.92 Å². The van der Waals surface area contributed by atoms with Crippen LogP contribution in [0.4, 0.5) is 21.0 Å². The topological polar surface area (TPSA) is 210 Å². The predicted octanol–water partition coefficient (Wildman–Crippen LogP) is 4.14. The van der Waals surface area contributed by atoms with Gasteiger partial charge in [0, 0.05) is 49.0 Å². The Labute approximate surface area is 266 Å². The molecule has 4 atom stereocenters. The average molecular weight is 658 g/mol. The highest BCUT2D eigenvalue weighted by Crippen LogP contribution is 2.30. The first-order valence-corrected chi connectivity index (χ1v) is 15.0. The molecule has 0 radical (unpaired) electrons. The Kier molecular flexibility index (Phi) is 11.2. The van der Waals surface area contributed by atoms with Gasteiger partial charge < -0.3 is 24.4 Å². The van der Waals surface area contributed by atoms with Gasteiger partial charge in [-0.25, -0.2) is 9.59 Å². The molecule has 2 saturated heterocycles. The first-order chi connectivity index (χ1) is 21.9. The second-order valence-corrected chi connectivity index (χ2v) is 12.0. The quantitative estimate of drug-likeness (QED) is 0.0900. The number of ether oxygens (including phenoxy) is 3. The van der Waals surface area contributed by atoms with E-state index < -0.39 is 40.2 Å². The highest BCUT2D eigenvalue weighted by atomic mass is 32.2. The second kappa shape index (κ2) is 15.3. The SMILES string of the molecule is CC(=NC(=O)OCc1ccc([N+](=O)[O-])cc1)N1CC[C@H](SC(=O)C[C@H]2NC(=O)[C@@H]2[C@@H](C)OC(=O)OCc2ccc([N+](=O)[O-])cc2)C1. The summed E-state index contributed by atoms with van der Waals surface area (Å²) in [6.07, 6.45) is -1.97. The highest BCUT2D eigenvalue weighted by Gasteiger charge is 2.46. The van der Waals surface area contributed by atoms with Gasteiger partial charge in [0.05, 0.1) is 21.8 Å². The summed E-state index contributed by atoms with van der Waals surface area (Å²) in [5, 5.41) is 24.0. The zero-order valence-corrected chi connectivity index (χ0v) is 25.7. The molecule has 2 aromatic carbocycles. The third-order valence-corrected chi connectivity index (χ3v) is 8.55. The van der Waals surface area contributed by atoms with Gasteiger partial charge in [0.15, 0.2) is 5.12 Å². The van der Waals surface area contributed by atoms with Crippen molar-refractivity contribution in [2.45, 2.75) is 57.3 Å². The predicted molar refractivity (Wildman–Crippen MR) is 163 cm³/mol. The van der Waals surface area contributed by atoms with Gasteiger partial charge in [0.2, 0.25) is 5.91 Å². The number of aliphatic imine (C=N–C) groups is 1. The maximum absolute atomic E-state index is 12.8. The average Bonchev–Trinajstić information content (AvgIpc) is 3.47. The summed E-state index contributed by atoms with van der Waals surface area (Å²) in [6.45, 7) is 3.98. The van der Waals surface area contributed by atoms with Crippen molar-refractivity contribution in [1.29, 1.82) is 0 Å². The summed E-state index contributed by atoms with van der Waals surface area (Å²) in [5.74, 6) is -0.650. The smallest absolute Gasteiger partial charge is 0.443 e. The summed E-state index contributed by atoms with van der Waals surface area (Å²) >= 11 is 1.15. The van der Waals surface area contributed by atoms with Crippen LogP contribution in [0.15, 0.2) is 53.5 Å². The van der Waals surface area contributed by atoms with Crippen LogP contribution in [-0.4, -0.2) is 74.3 Å². The van der Waals surface area contributed by atoms with Gasteiger partial charge in [0.25, 0.3) is 11.4 Å². The zero-order valence-electron chi connectivity index (χ0n) is 24.9. The summed E-state index contributed by atoms with van der Waals surface area (Å²) in [5.41, 5.74) is 0.930. The number of hydrogen-bond acceptors (Lipinski definition) is 12. The normalized spacial score (nSPS) is 19.8. The molecule has 2 aromatic rings. The van der Waals surface area contributed by atoms with E-state index >= 15 is 0 Å². The number of nitro benzene ring substituents is 2. The molecule has 4 rings (SSSR count). The van der Waals surface area contributed by atoms with Crippen LogP contribution in [0.3, 0.4) is 0 Å². The van der Waals surface area contributed by atoms with Gasteiger partial charge in [0.1, 0.15) is 25.2 Å². The number of likely N-dealkylation sites (tertiary alicyclic amines) is 1. The Bertz CT molecular complexity index is 1520. The fraction of sp³-hybridized carbons (Fsp3) is 0.414. The molecule has 2 amide bonds. The lowest BCUT2D eigenvalue weighted by atomic mass is 9.84. The molecule has 2 aliphatic rings. The number of nitro groups is 2. The molecule has 0 aliphatic carbocycles. The number of benzene rings is 2. The Balaban J connectivity index is 1.17. The first-order valence-electron chi connectivity index (χ1n) is 14.2. The monoisotopic (exact) mass is 657 g/mol. The largest absolute Gasteiger partial charge is 0.508 e. The molecule has 244 valence electrons. The van der Waals surface area contributed by atoms with Crippen molar-refractivity contribution in [1.82, 2.24) is 10.2 Å². The minimum Gasteiger partial charge on any atom is -0.443 e. The van der Waals surface area contributed by atoms with E-state index in [2.05, 4.69) is 10.3 Å². The van der Waals surface area contributed by atoms with Gasteiger partial charge in [-0.3, -0.25) is 29.8 Å². The number of β-lactam (4-membered cyclic amide) rings is 1. The number of thioether (sulfide) groups is 1. The Morgan fingerprint density at radius 1 is 1.00 bits per heavy atom. The number of amides is 2. The lowest BCUT2D eigenvalue weighted by molar-refractivity contribution is -0.385. The van der Waals surface area contributed by atoms with Gasteiger partial charge in [-0.15, -0.1) is 0 Å². The van der Waals surface area contributed by atoms with E-state index in [-0.39, 0.29) is 47.3 Å². The third-order valence-electron chi connectivity index (χ3n) is 7.41. The van der Waals surface area contributed by atoms with Gasteiger partial charge in [-0.2, -0.15) is 4.99 Å². The minimum absolute atomic E-state index is 0.0329. The molecule has 0 bridgehead atoms. The Hall–Kier alpha value is -5.06. The number of hydrogen-bond donors (Lipinski definition) is 1. The summed E-state index contributed by atoms with van der Waals surface area (Å²) in [6, 6.07) is 10.6. The van der Waals surface area contributed by atoms with Crippen LogP contribution in [0.5, 0.6) is 0 Å². The summed E-state index contributed by atoms with van der Waals surface area (Å²) in [4.78, 5) is 75.7. The molecule has 0 aromatic heterocycles. The Morgan fingerprint density at radius 3 is 2.11 bits per heavy atom. The molecule has 0 unspecified atom stereocenters. The molecular weight excluding hydrogens is 626 g/mol. The van der Waals surface area contributed by atoms with Gasteiger partial charge in [-0.05, 0) is 55.7 Å². The molecule has 1 N–H and O–H groups in total. The maximum Gasteiger partial charge on any atom is 0.508 e. The van der Waals surface area contributed by atoms with Crippen LogP contribution in [0.1, 0.15) is 37.8 Å². The van der Waals surface area contributed by atoms with E-state index in [4.69, 9.17) is 14.2 Å². The van der Waals surface area contributed by atoms with Crippen molar-refractivity contribution in [3.05, 3.63) is 79.9 Å². The number of amidine groups is 1. The third kappa shape index (κ3) is 9.23. The summed E-state index contributed by atoms with van der Waals surface area (Å²) in [7, 11) is 0. The Morgan fingerprint density at radius 2 is 1.57 bits per heavy atom. The van der Waals surface area contributed by atoms with Gasteiger partial charge in [-0.1, -0.05) is 11.8 Å². The van der Waals surface area contributed by atoms with Crippen LogP contribution in [0, 0.1) is 26.1 Å². The molecule has 2 fully saturated rings. The number of carbonyl (C=O) groups is 4. The number of carbonyl (C=O) groups excluding carboxylic acids is 4. The zero-order chi connectivity index (χ0) is 33.4. The van der Waals surface area contributed by atoms with E-state index in [0.29, 0.717) is 36.5 Å². The second-order valence-electron chi connectivity index (χ2n) is 10.6. The van der Waals surface area contributed by atoms with Crippen molar-refractivity contribution in [2.75, 3.05) is 13.1 Å². The van der Waals surface area contributed by atoms with E-state index in [9.17, 15) is 39.4 Å². The number of nitrogens with zero attached hydrogens (tertiary/aromatic N) is 4. The van der Waals surface area contributed by atoms with Crippen LogP contribution in [0.25, 0.3) is 0 Å². The van der Waals surface area contributed by atoms with Crippen LogP contribution < -0.4 is 5.32 Å². The fourth-order valence-electron chi connectivity index (χ4n) is 4.91. The van der Waals surface area contributed by atoms with Crippen LogP contribution in [-0.2, 0) is 37.0 Å². The first kappa shape index (κ1) is 33.8. The van der Waals surface area contributed by atoms with E-state index in [1.165, 1.54) is 55.5 Å². The maximum atomic E-state index is 12.8. The highest BCUT2D eigenvalue weighted by molar-refractivity contribution is 8.14.